The van der Waals surface area contributed by atoms with Gasteiger partial charge in [-0.1, -0.05) is 151 Å². The van der Waals surface area contributed by atoms with Crippen LogP contribution < -0.4 is 0 Å². The Hall–Kier alpha value is -5.20. The van der Waals surface area contributed by atoms with E-state index in [4.69, 9.17) is 9.60 Å². The van der Waals surface area contributed by atoms with Crippen LogP contribution in [0.1, 0.15) is 12.3 Å². The van der Waals surface area contributed by atoms with Crippen LogP contribution in [0, 0.1) is 0 Å². The summed E-state index contributed by atoms with van der Waals surface area (Å²) in [6, 6.07) is 29.6. The summed E-state index contributed by atoms with van der Waals surface area (Å²) in [5, 5.41) is 4.49. The minimum atomic E-state index is -0.446. The summed E-state index contributed by atoms with van der Waals surface area (Å²) in [4.78, 5) is 0. The molecule has 0 radical (unpaired) electrons. The molecule has 0 aliphatic rings. The Balaban J connectivity index is 1.60. The average Bonchev–Trinajstić information content (AvgIpc) is 3.13. The summed E-state index contributed by atoms with van der Waals surface area (Å²) in [6.07, 6.45) is 0. The van der Waals surface area contributed by atoms with Gasteiger partial charge in [0.15, 0.2) is 0 Å². The third-order valence-electron chi connectivity index (χ3n) is 7.63. The molecule has 0 aliphatic carbocycles. The summed E-state index contributed by atoms with van der Waals surface area (Å²) in [7, 11) is 0. The highest BCUT2D eigenvalue weighted by molar-refractivity contribution is 6.24. The van der Waals surface area contributed by atoms with Crippen molar-refractivity contribution in [1.82, 2.24) is 0 Å². The van der Waals surface area contributed by atoms with Crippen LogP contribution in [0.2, 0.25) is 0 Å². The van der Waals surface area contributed by atoms with Gasteiger partial charge in [-0.2, -0.15) is 0 Å². The fourth-order valence-electron chi connectivity index (χ4n) is 5.87. The summed E-state index contributed by atoms with van der Waals surface area (Å²) < 4.78 is 79.6. The normalized spacial score (nSPS) is 14.7. The first-order valence-corrected chi connectivity index (χ1v) is 13.1. The summed E-state index contributed by atoms with van der Waals surface area (Å²) in [6.45, 7) is 0. The van der Waals surface area contributed by atoms with Crippen LogP contribution in [0.4, 0.5) is 0 Å². The predicted octanol–water partition coefficient (Wildman–Crippen LogP) is 11.3. The minimum absolute atomic E-state index is 0.152. The van der Waals surface area contributed by atoms with Crippen molar-refractivity contribution in [2.45, 2.75) is 0 Å². The molecule has 186 valence electrons. The van der Waals surface area contributed by atoms with Crippen molar-refractivity contribution in [2.75, 3.05) is 0 Å². The van der Waals surface area contributed by atoms with E-state index in [2.05, 4.69) is 30.3 Å². The largest absolute Gasteiger partial charge is 0.0629 e. The monoisotopic (exact) mass is 515 g/mol. The molecule has 0 saturated heterocycles. The zero-order chi connectivity index (χ0) is 34.3. The molecular formula is C40H26. The van der Waals surface area contributed by atoms with Crippen molar-refractivity contribution in [2.24, 2.45) is 0 Å². The van der Waals surface area contributed by atoms with Crippen LogP contribution in [-0.2, 0) is 0 Å². The van der Waals surface area contributed by atoms with E-state index in [0.717, 1.165) is 32.7 Å². The maximum absolute atomic E-state index is 9.25. The van der Waals surface area contributed by atoms with E-state index in [9.17, 15) is 2.74 Å². The Bertz CT molecular complexity index is 2620. The smallest absolute Gasteiger partial charge is 0.0622 e. The van der Waals surface area contributed by atoms with E-state index in [0.29, 0.717) is 16.7 Å². The maximum Gasteiger partial charge on any atom is 0.0629 e. The lowest BCUT2D eigenvalue weighted by molar-refractivity contribution is 1.65. The van der Waals surface area contributed by atoms with Gasteiger partial charge in [-0.3, -0.25) is 0 Å². The topological polar surface area (TPSA) is 0 Å². The molecule has 0 amide bonds. The van der Waals surface area contributed by atoms with Crippen molar-refractivity contribution in [1.29, 1.82) is 0 Å². The van der Waals surface area contributed by atoms with Gasteiger partial charge in [0.05, 0.1) is 12.3 Å². The second-order valence-electron chi connectivity index (χ2n) is 9.81. The molecule has 0 nitrogen and oxygen atoms in total. The Morgan fingerprint density at radius 3 is 1.60 bits per heavy atom. The highest BCUT2D eigenvalue weighted by atomic mass is 14.2. The average molecular weight is 516 g/mol. The molecule has 40 heavy (non-hydrogen) atoms. The quantitative estimate of drug-likeness (QED) is 0.205. The number of rotatable bonds is 3. The molecule has 0 aliphatic heterocycles. The fourth-order valence-corrected chi connectivity index (χ4v) is 5.87. The number of benzene rings is 8. The summed E-state index contributed by atoms with van der Waals surface area (Å²) in [5.74, 6) is 0. The van der Waals surface area contributed by atoms with Crippen molar-refractivity contribution in [3.05, 3.63) is 158 Å². The van der Waals surface area contributed by atoms with Gasteiger partial charge in [-0.15, -0.1) is 0 Å². The van der Waals surface area contributed by atoms with E-state index >= 15 is 0 Å². The molecule has 0 atom stereocenters. The Morgan fingerprint density at radius 2 is 0.925 bits per heavy atom. The van der Waals surface area contributed by atoms with E-state index in [1.54, 1.807) is 24.3 Å². The molecule has 0 saturated carbocycles. The van der Waals surface area contributed by atoms with Crippen LogP contribution in [0.5, 0.6) is 0 Å². The molecule has 0 unspecified atom stereocenters. The third kappa shape index (κ3) is 3.54. The molecule has 0 spiro atoms. The summed E-state index contributed by atoms with van der Waals surface area (Å²) in [5.41, 5.74) is 3.58. The lowest BCUT2D eigenvalue weighted by atomic mass is 9.84. The SMILES string of the molecule is [2H]c1ccc(-c2c3c([2H])c([2H])c([2H])c([2H])c3c(-c3cccc4c(-c5ccc6ccccc6c5)cccc34)c3c([2H])c([2H])c([2H])c([2H])c23)cc1. The second kappa shape index (κ2) is 9.22. The van der Waals surface area contributed by atoms with Crippen molar-refractivity contribution >= 4 is 43.1 Å². The first-order valence-electron chi connectivity index (χ1n) is 17.6. The molecular weight excluding hydrogens is 480 g/mol. The Kier molecular flexibility index (Phi) is 3.55. The van der Waals surface area contributed by atoms with Crippen LogP contribution in [0.15, 0.2) is 158 Å². The molecule has 0 aromatic heterocycles. The van der Waals surface area contributed by atoms with Crippen molar-refractivity contribution in [3.8, 4) is 33.4 Å². The van der Waals surface area contributed by atoms with Gasteiger partial charge in [0.25, 0.3) is 0 Å². The second-order valence-corrected chi connectivity index (χ2v) is 9.81. The number of fused-ring (bicyclic) bond motifs is 4. The first-order chi connectivity index (χ1) is 23.6. The lowest BCUT2D eigenvalue weighted by Crippen LogP contribution is -1.92. The van der Waals surface area contributed by atoms with E-state index in [1.165, 1.54) is 0 Å². The fraction of sp³-hybridized carbons (Fsp3) is 0. The molecule has 0 N–H and O–H groups in total. The van der Waals surface area contributed by atoms with Crippen molar-refractivity contribution < 1.29 is 12.3 Å². The molecule has 8 rings (SSSR count). The molecule has 8 aromatic carbocycles. The number of hydrogen-bond donors (Lipinski definition) is 0. The van der Waals surface area contributed by atoms with Gasteiger partial charge in [0, 0.05) is 0 Å². The van der Waals surface area contributed by atoms with Gasteiger partial charge in [0.2, 0.25) is 0 Å². The Labute approximate surface area is 246 Å². The molecule has 0 heteroatoms. The van der Waals surface area contributed by atoms with E-state index < -0.39 is 24.2 Å². The van der Waals surface area contributed by atoms with Gasteiger partial charge in [0.1, 0.15) is 0 Å². The first kappa shape index (κ1) is 15.4. The molecule has 8 aromatic rings. The van der Waals surface area contributed by atoms with Gasteiger partial charge in [-0.25, -0.2) is 0 Å². The van der Waals surface area contributed by atoms with Crippen LogP contribution in [0.3, 0.4) is 0 Å². The van der Waals surface area contributed by atoms with E-state index in [1.807, 2.05) is 48.5 Å². The molecule has 0 fully saturated rings. The zero-order valence-corrected chi connectivity index (χ0v) is 21.3. The highest BCUT2D eigenvalue weighted by Crippen LogP contribution is 2.46. The van der Waals surface area contributed by atoms with Gasteiger partial charge >= 0.3 is 0 Å². The van der Waals surface area contributed by atoms with Crippen LogP contribution in [0.25, 0.3) is 76.5 Å². The summed E-state index contributed by atoms with van der Waals surface area (Å²) >= 11 is 0. The molecule has 0 heterocycles. The van der Waals surface area contributed by atoms with E-state index in [-0.39, 0.29) is 57.3 Å². The highest BCUT2D eigenvalue weighted by Gasteiger charge is 2.18. The molecule has 0 bridgehead atoms. The lowest BCUT2D eigenvalue weighted by Gasteiger charge is -2.19. The third-order valence-corrected chi connectivity index (χ3v) is 7.63. The Morgan fingerprint density at radius 1 is 0.350 bits per heavy atom. The van der Waals surface area contributed by atoms with Crippen molar-refractivity contribution in [3.63, 3.8) is 0 Å². The van der Waals surface area contributed by atoms with Crippen LogP contribution in [-0.4, -0.2) is 0 Å². The number of hydrogen-bond acceptors (Lipinski definition) is 0. The minimum Gasteiger partial charge on any atom is -0.0622 e. The van der Waals surface area contributed by atoms with Crippen LogP contribution >= 0.6 is 0 Å². The predicted molar refractivity (Wildman–Crippen MR) is 173 cm³/mol. The standard InChI is InChI=1S/C40H26/c1-2-13-28(14-3-1)39-35-16-6-8-18-37(35)40(38-19-9-7-17-36(38)39)34-23-11-21-32-31(20-10-22-33(32)34)30-25-24-27-12-4-5-15-29(27)26-30/h1-26H/i1D,6D,7D,8D,9D,16D,17D,18D,19D. The maximum atomic E-state index is 9.25. The van der Waals surface area contributed by atoms with Gasteiger partial charge < -0.3 is 0 Å². The van der Waals surface area contributed by atoms with Gasteiger partial charge in [-0.05, 0) is 82.5 Å². The zero-order valence-electron chi connectivity index (χ0n) is 30.3.